The first-order valence-electron chi connectivity index (χ1n) is 6.14. The quantitative estimate of drug-likeness (QED) is 0.833. The molecule has 0 unspecified atom stereocenters. The summed E-state index contributed by atoms with van der Waals surface area (Å²) in [6.45, 7) is 1.92. The van der Waals surface area contributed by atoms with Gasteiger partial charge >= 0.3 is 0 Å². The summed E-state index contributed by atoms with van der Waals surface area (Å²) in [5.74, 6) is 0.930. The van der Waals surface area contributed by atoms with E-state index >= 15 is 0 Å². The normalized spacial score (nSPS) is 15.8. The Bertz CT molecular complexity index is 494. The number of hydrogen-bond donors (Lipinski definition) is 1. The second kappa shape index (κ2) is 3.95. The second-order valence-electron chi connectivity index (χ2n) is 4.84. The van der Waals surface area contributed by atoms with E-state index in [1.165, 1.54) is 35.9 Å². The molecule has 0 amide bonds. The van der Waals surface area contributed by atoms with Crippen molar-refractivity contribution in [3.05, 3.63) is 36.0 Å². The molecule has 3 rings (SSSR count). The summed E-state index contributed by atoms with van der Waals surface area (Å²) in [5.41, 5.74) is 8.29. The van der Waals surface area contributed by atoms with E-state index in [9.17, 15) is 0 Å². The molecule has 1 saturated carbocycles. The second-order valence-corrected chi connectivity index (χ2v) is 4.84. The van der Waals surface area contributed by atoms with Gasteiger partial charge in [-0.05, 0) is 60.9 Å². The molecule has 2 aromatic rings. The van der Waals surface area contributed by atoms with Crippen molar-refractivity contribution in [1.29, 1.82) is 0 Å². The van der Waals surface area contributed by atoms with Crippen molar-refractivity contribution in [1.82, 2.24) is 4.57 Å². The van der Waals surface area contributed by atoms with Gasteiger partial charge in [-0.2, -0.15) is 0 Å². The van der Waals surface area contributed by atoms with Crippen LogP contribution < -0.4 is 5.73 Å². The van der Waals surface area contributed by atoms with Gasteiger partial charge < -0.3 is 10.3 Å². The molecule has 0 radical (unpaired) electrons. The maximum absolute atomic E-state index is 5.58. The maximum Gasteiger partial charge on any atom is 0.0480 e. The van der Waals surface area contributed by atoms with Gasteiger partial charge in [-0.15, -0.1) is 0 Å². The minimum absolute atomic E-state index is 0.730. The Morgan fingerprint density at radius 1 is 1.25 bits per heavy atom. The third kappa shape index (κ3) is 1.85. The first-order valence-corrected chi connectivity index (χ1v) is 6.14. The third-order valence-electron chi connectivity index (χ3n) is 3.42. The molecule has 0 aliphatic heterocycles. The molecule has 1 aliphatic rings. The van der Waals surface area contributed by atoms with Crippen LogP contribution in [0.5, 0.6) is 0 Å². The summed E-state index contributed by atoms with van der Waals surface area (Å²) in [5, 5.41) is 1.35. The number of hydrogen-bond acceptors (Lipinski definition) is 1. The van der Waals surface area contributed by atoms with Crippen molar-refractivity contribution in [2.45, 2.75) is 25.8 Å². The molecule has 2 nitrogen and oxygen atoms in total. The molecule has 2 heteroatoms. The van der Waals surface area contributed by atoms with E-state index in [4.69, 9.17) is 5.73 Å². The van der Waals surface area contributed by atoms with Gasteiger partial charge in [0.15, 0.2) is 0 Å². The van der Waals surface area contributed by atoms with Crippen LogP contribution in [0.3, 0.4) is 0 Å². The average Bonchev–Trinajstić information content (AvgIpc) is 3.01. The lowest BCUT2D eigenvalue weighted by Gasteiger charge is -2.04. The Morgan fingerprint density at radius 3 is 2.88 bits per heavy atom. The highest BCUT2D eigenvalue weighted by Crippen LogP contribution is 2.32. The summed E-state index contributed by atoms with van der Waals surface area (Å²) in [6.07, 6.45) is 6.01. The number of benzene rings is 1. The van der Waals surface area contributed by atoms with Crippen LogP contribution in [0.25, 0.3) is 10.9 Å². The van der Waals surface area contributed by atoms with Gasteiger partial charge in [-0.25, -0.2) is 0 Å². The van der Waals surface area contributed by atoms with Gasteiger partial charge in [0.05, 0.1) is 0 Å². The molecule has 1 aliphatic carbocycles. The third-order valence-corrected chi connectivity index (χ3v) is 3.42. The first-order chi connectivity index (χ1) is 7.86. The molecule has 0 atom stereocenters. The zero-order chi connectivity index (χ0) is 11.0. The van der Waals surface area contributed by atoms with Gasteiger partial charge in [0.1, 0.15) is 0 Å². The Kier molecular flexibility index (Phi) is 2.44. The van der Waals surface area contributed by atoms with Crippen LogP contribution >= 0.6 is 0 Å². The smallest absolute Gasteiger partial charge is 0.0480 e. The van der Waals surface area contributed by atoms with Crippen LogP contribution in [0.15, 0.2) is 30.5 Å². The van der Waals surface area contributed by atoms with Crippen LogP contribution in [0, 0.1) is 5.92 Å². The van der Waals surface area contributed by atoms with E-state index in [-0.39, 0.29) is 0 Å². The summed E-state index contributed by atoms with van der Waals surface area (Å²) in [7, 11) is 0. The fourth-order valence-electron chi connectivity index (χ4n) is 2.31. The van der Waals surface area contributed by atoms with Crippen molar-refractivity contribution >= 4 is 10.9 Å². The zero-order valence-corrected chi connectivity index (χ0v) is 9.52. The predicted octanol–water partition coefficient (Wildman–Crippen LogP) is 2.55. The van der Waals surface area contributed by atoms with Gasteiger partial charge in [0.25, 0.3) is 0 Å². The monoisotopic (exact) mass is 214 g/mol. The topological polar surface area (TPSA) is 30.9 Å². The highest BCUT2D eigenvalue weighted by molar-refractivity contribution is 5.80. The Hall–Kier alpha value is -1.28. The molecule has 2 N–H and O–H groups in total. The van der Waals surface area contributed by atoms with Gasteiger partial charge in [0.2, 0.25) is 0 Å². The fraction of sp³-hybridized carbons (Fsp3) is 0.429. The van der Waals surface area contributed by atoms with E-state index in [0.717, 1.165) is 18.9 Å². The van der Waals surface area contributed by atoms with E-state index in [1.807, 2.05) is 0 Å². The van der Waals surface area contributed by atoms with Crippen molar-refractivity contribution in [2.75, 3.05) is 6.54 Å². The lowest BCUT2D eigenvalue weighted by molar-refractivity contribution is 0.647. The molecular formula is C14H18N2. The average molecular weight is 214 g/mol. The van der Waals surface area contributed by atoms with E-state index in [0.29, 0.717) is 0 Å². The molecule has 16 heavy (non-hydrogen) atoms. The SMILES string of the molecule is NCCc1ccc2c(ccn2CC2CC2)c1. The summed E-state index contributed by atoms with van der Waals surface area (Å²) in [4.78, 5) is 0. The minimum Gasteiger partial charge on any atom is -0.347 e. The first kappa shape index (κ1) is 9.91. The highest BCUT2D eigenvalue weighted by atomic mass is 15.0. The molecule has 0 bridgehead atoms. The maximum atomic E-state index is 5.58. The Labute approximate surface area is 96.1 Å². The standard InChI is InChI=1S/C14H18N2/c15-7-5-11-3-4-14-13(9-11)6-8-16(14)10-12-1-2-12/h3-4,6,8-9,12H,1-2,5,7,10,15H2. The van der Waals surface area contributed by atoms with E-state index in [2.05, 4.69) is 35.0 Å². The van der Waals surface area contributed by atoms with Crippen LogP contribution in [-0.2, 0) is 13.0 Å². The van der Waals surface area contributed by atoms with Gasteiger partial charge in [-0.3, -0.25) is 0 Å². The lowest BCUT2D eigenvalue weighted by Crippen LogP contribution is -2.02. The van der Waals surface area contributed by atoms with Crippen molar-refractivity contribution in [3.8, 4) is 0 Å². The highest BCUT2D eigenvalue weighted by Gasteiger charge is 2.21. The molecule has 84 valence electrons. The van der Waals surface area contributed by atoms with E-state index in [1.54, 1.807) is 0 Å². The zero-order valence-electron chi connectivity index (χ0n) is 9.52. The van der Waals surface area contributed by atoms with Crippen LogP contribution in [0.2, 0.25) is 0 Å². The number of rotatable bonds is 4. The van der Waals surface area contributed by atoms with Gasteiger partial charge in [0, 0.05) is 18.3 Å². The number of nitrogens with zero attached hydrogens (tertiary/aromatic N) is 1. The van der Waals surface area contributed by atoms with Crippen LogP contribution in [0.1, 0.15) is 18.4 Å². The number of fused-ring (bicyclic) bond motifs is 1. The fourth-order valence-corrected chi connectivity index (χ4v) is 2.31. The summed E-state index contributed by atoms with van der Waals surface area (Å²) >= 11 is 0. The molecule has 1 heterocycles. The minimum atomic E-state index is 0.730. The van der Waals surface area contributed by atoms with Crippen LogP contribution in [0.4, 0.5) is 0 Å². The Morgan fingerprint density at radius 2 is 2.12 bits per heavy atom. The van der Waals surface area contributed by atoms with Crippen molar-refractivity contribution in [3.63, 3.8) is 0 Å². The predicted molar refractivity (Wildman–Crippen MR) is 67.4 cm³/mol. The molecule has 1 aromatic carbocycles. The number of aromatic nitrogens is 1. The van der Waals surface area contributed by atoms with Crippen molar-refractivity contribution < 1.29 is 0 Å². The molecule has 0 spiro atoms. The molecule has 1 fully saturated rings. The summed E-state index contributed by atoms with van der Waals surface area (Å²) < 4.78 is 2.39. The summed E-state index contributed by atoms with van der Waals surface area (Å²) in [6, 6.07) is 8.94. The Balaban J connectivity index is 1.93. The van der Waals surface area contributed by atoms with Gasteiger partial charge in [-0.1, -0.05) is 6.07 Å². The van der Waals surface area contributed by atoms with E-state index < -0.39 is 0 Å². The van der Waals surface area contributed by atoms with Crippen molar-refractivity contribution in [2.24, 2.45) is 11.7 Å². The lowest BCUT2D eigenvalue weighted by atomic mass is 10.1. The molecule has 0 saturated heterocycles. The molecule has 1 aromatic heterocycles. The van der Waals surface area contributed by atoms with Crippen LogP contribution in [-0.4, -0.2) is 11.1 Å². The molecular weight excluding hydrogens is 196 g/mol. The largest absolute Gasteiger partial charge is 0.347 e. The number of nitrogens with two attached hydrogens (primary N) is 1.